The highest BCUT2D eigenvalue weighted by atomic mass is 32.1. The van der Waals surface area contributed by atoms with E-state index in [-0.39, 0.29) is 10.8 Å². The van der Waals surface area contributed by atoms with Crippen LogP contribution < -0.4 is 5.32 Å². The lowest BCUT2D eigenvalue weighted by atomic mass is 10.2. The Hall–Kier alpha value is -1.92. The summed E-state index contributed by atoms with van der Waals surface area (Å²) in [5.41, 5.74) is 1.13. The third-order valence-corrected chi connectivity index (χ3v) is 4.63. The standard InChI is InChI=1S/C14H13NO3S2/c1-8-7-19-13(14(17)18)12(8)15-11(16)6-5-10-4-3-9(2)20-10/h3-7H,1-2H3,(H,15,16)(H,17,18)/b6-5+. The van der Waals surface area contributed by atoms with Gasteiger partial charge in [0.2, 0.25) is 5.91 Å². The average molecular weight is 307 g/mol. The van der Waals surface area contributed by atoms with Crippen molar-refractivity contribution in [1.29, 1.82) is 0 Å². The molecule has 2 aromatic heterocycles. The molecule has 2 N–H and O–H groups in total. The zero-order chi connectivity index (χ0) is 14.7. The molecule has 0 aliphatic rings. The number of aryl methyl sites for hydroxylation is 2. The van der Waals surface area contributed by atoms with E-state index in [0.717, 1.165) is 21.8 Å². The van der Waals surface area contributed by atoms with E-state index in [4.69, 9.17) is 5.11 Å². The fourth-order valence-electron chi connectivity index (χ4n) is 1.62. The Bertz CT molecular complexity index is 682. The lowest BCUT2D eigenvalue weighted by molar-refractivity contribution is -0.111. The molecule has 0 aromatic carbocycles. The molecule has 2 rings (SSSR count). The number of carbonyl (C=O) groups excluding carboxylic acids is 1. The average Bonchev–Trinajstić information content (AvgIpc) is 2.94. The second-order valence-corrected chi connectivity index (χ2v) is 6.40. The minimum Gasteiger partial charge on any atom is -0.477 e. The van der Waals surface area contributed by atoms with E-state index in [2.05, 4.69) is 5.32 Å². The summed E-state index contributed by atoms with van der Waals surface area (Å²) < 4.78 is 0. The number of hydrogen-bond acceptors (Lipinski definition) is 4. The number of anilines is 1. The predicted molar refractivity (Wildman–Crippen MR) is 82.7 cm³/mol. The summed E-state index contributed by atoms with van der Waals surface area (Å²) in [4.78, 5) is 25.2. The highest BCUT2D eigenvalue weighted by molar-refractivity contribution is 7.13. The summed E-state index contributed by atoms with van der Waals surface area (Å²) in [5, 5.41) is 13.4. The van der Waals surface area contributed by atoms with Crippen LogP contribution in [0.25, 0.3) is 6.08 Å². The van der Waals surface area contributed by atoms with E-state index < -0.39 is 5.97 Å². The van der Waals surface area contributed by atoms with Crippen molar-refractivity contribution in [3.63, 3.8) is 0 Å². The molecule has 6 heteroatoms. The quantitative estimate of drug-likeness (QED) is 0.845. The molecule has 0 unspecified atom stereocenters. The molecule has 0 aliphatic heterocycles. The monoisotopic (exact) mass is 307 g/mol. The Morgan fingerprint density at radius 1 is 1.30 bits per heavy atom. The summed E-state index contributed by atoms with van der Waals surface area (Å²) in [6.45, 7) is 3.76. The molecule has 0 radical (unpaired) electrons. The highest BCUT2D eigenvalue weighted by Gasteiger charge is 2.16. The van der Waals surface area contributed by atoms with E-state index in [1.54, 1.807) is 29.7 Å². The third-order valence-electron chi connectivity index (χ3n) is 2.58. The van der Waals surface area contributed by atoms with Crippen molar-refractivity contribution in [3.05, 3.63) is 43.8 Å². The van der Waals surface area contributed by atoms with Crippen molar-refractivity contribution in [2.75, 3.05) is 5.32 Å². The maximum Gasteiger partial charge on any atom is 0.348 e. The predicted octanol–water partition coefficient (Wildman–Crippen LogP) is 3.78. The Morgan fingerprint density at radius 3 is 2.65 bits per heavy atom. The van der Waals surface area contributed by atoms with Gasteiger partial charge in [0.05, 0.1) is 5.69 Å². The summed E-state index contributed by atoms with van der Waals surface area (Å²) in [7, 11) is 0. The first kappa shape index (κ1) is 14.5. The van der Waals surface area contributed by atoms with Gasteiger partial charge in [-0.05, 0) is 43.0 Å². The van der Waals surface area contributed by atoms with Gasteiger partial charge < -0.3 is 10.4 Å². The van der Waals surface area contributed by atoms with Crippen molar-refractivity contribution < 1.29 is 14.7 Å². The second-order valence-electron chi connectivity index (χ2n) is 4.20. The van der Waals surface area contributed by atoms with Crippen LogP contribution in [0.1, 0.15) is 25.0 Å². The molecule has 2 heterocycles. The van der Waals surface area contributed by atoms with Crippen molar-refractivity contribution in [2.24, 2.45) is 0 Å². The number of rotatable bonds is 4. The number of carbonyl (C=O) groups is 2. The van der Waals surface area contributed by atoms with Crippen molar-refractivity contribution in [1.82, 2.24) is 0 Å². The molecule has 0 aliphatic carbocycles. The number of aromatic carboxylic acids is 1. The second kappa shape index (κ2) is 6.02. The molecule has 0 atom stereocenters. The van der Waals surface area contributed by atoms with Gasteiger partial charge in [-0.3, -0.25) is 4.79 Å². The first-order valence-electron chi connectivity index (χ1n) is 5.84. The molecular formula is C14H13NO3S2. The SMILES string of the molecule is Cc1ccc(/C=C/C(=O)Nc2c(C)csc2C(=O)O)s1. The molecule has 1 amide bonds. The highest BCUT2D eigenvalue weighted by Crippen LogP contribution is 2.27. The Labute approximate surface area is 124 Å². The van der Waals surface area contributed by atoms with Gasteiger partial charge in [0, 0.05) is 15.8 Å². The molecular weight excluding hydrogens is 294 g/mol. The van der Waals surface area contributed by atoms with Crippen molar-refractivity contribution >= 4 is 46.3 Å². The topological polar surface area (TPSA) is 66.4 Å². The van der Waals surface area contributed by atoms with Crippen LogP contribution in [0.3, 0.4) is 0 Å². The number of carboxylic acids is 1. The van der Waals surface area contributed by atoms with E-state index in [0.29, 0.717) is 5.69 Å². The van der Waals surface area contributed by atoms with Crippen LogP contribution in [-0.4, -0.2) is 17.0 Å². The normalized spacial score (nSPS) is 10.9. The summed E-state index contributed by atoms with van der Waals surface area (Å²) in [5.74, 6) is -1.36. The van der Waals surface area contributed by atoms with Gasteiger partial charge in [-0.2, -0.15) is 0 Å². The number of amides is 1. The van der Waals surface area contributed by atoms with Crippen molar-refractivity contribution in [3.8, 4) is 0 Å². The molecule has 2 aromatic rings. The first-order chi connectivity index (χ1) is 9.47. The van der Waals surface area contributed by atoms with Gasteiger partial charge >= 0.3 is 5.97 Å². The Morgan fingerprint density at radius 2 is 2.05 bits per heavy atom. The number of carboxylic acid groups (broad SMARTS) is 1. The largest absolute Gasteiger partial charge is 0.477 e. The lowest BCUT2D eigenvalue weighted by Crippen LogP contribution is -2.11. The molecule has 0 saturated carbocycles. The molecule has 0 bridgehead atoms. The Balaban J connectivity index is 2.10. The number of hydrogen-bond donors (Lipinski definition) is 2. The van der Waals surface area contributed by atoms with E-state index in [1.807, 2.05) is 19.1 Å². The van der Waals surface area contributed by atoms with E-state index in [1.165, 1.54) is 11.0 Å². The van der Waals surface area contributed by atoms with Gasteiger partial charge in [0.1, 0.15) is 4.88 Å². The molecule has 0 fully saturated rings. The number of thiophene rings is 2. The molecule has 0 saturated heterocycles. The maximum absolute atomic E-state index is 11.8. The van der Waals surface area contributed by atoms with Crippen LogP contribution in [0.5, 0.6) is 0 Å². The fraction of sp³-hybridized carbons (Fsp3) is 0.143. The first-order valence-corrected chi connectivity index (χ1v) is 7.54. The molecule has 104 valence electrons. The summed E-state index contributed by atoms with van der Waals surface area (Å²) in [6.07, 6.45) is 3.13. The fourth-order valence-corrected chi connectivity index (χ4v) is 3.25. The van der Waals surface area contributed by atoms with Crippen LogP contribution in [0.2, 0.25) is 0 Å². The van der Waals surface area contributed by atoms with Gasteiger partial charge in [-0.1, -0.05) is 0 Å². The van der Waals surface area contributed by atoms with Crippen LogP contribution >= 0.6 is 22.7 Å². The smallest absolute Gasteiger partial charge is 0.348 e. The third kappa shape index (κ3) is 3.34. The van der Waals surface area contributed by atoms with E-state index >= 15 is 0 Å². The molecule has 20 heavy (non-hydrogen) atoms. The minimum atomic E-state index is -1.03. The van der Waals surface area contributed by atoms with Gasteiger partial charge in [-0.25, -0.2) is 4.79 Å². The number of nitrogens with one attached hydrogen (secondary N) is 1. The van der Waals surface area contributed by atoms with Crippen LogP contribution in [-0.2, 0) is 4.79 Å². The minimum absolute atomic E-state index is 0.149. The zero-order valence-electron chi connectivity index (χ0n) is 11.0. The van der Waals surface area contributed by atoms with Crippen LogP contribution in [0.4, 0.5) is 5.69 Å². The zero-order valence-corrected chi connectivity index (χ0v) is 12.6. The maximum atomic E-state index is 11.8. The van der Waals surface area contributed by atoms with Gasteiger partial charge in [0.25, 0.3) is 0 Å². The van der Waals surface area contributed by atoms with Gasteiger partial charge in [0.15, 0.2) is 0 Å². The van der Waals surface area contributed by atoms with Crippen LogP contribution in [0, 0.1) is 13.8 Å². The Kier molecular flexibility index (Phi) is 4.36. The molecule has 0 spiro atoms. The lowest BCUT2D eigenvalue weighted by Gasteiger charge is -2.02. The van der Waals surface area contributed by atoms with Crippen molar-refractivity contribution in [2.45, 2.75) is 13.8 Å². The summed E-state index contributed by atoms with van der Waals surface area (Å²) in [6, 6.07) is 3.91. The van der Waals surface area contributed by atoms with E-state index in [9.17, 15) is 9.59 Å². The van der Waals surface area contributed by atoms with Gasteiger partial charge in [-0.15, -0.1) is 22.7 Å². The summed E-state index contributed by atoms with van der Waals surface area (Å²) >= 11 is 2.70. The van der Waals surface area contributed by atoms with Crippen LogP contribution in [0.15, 0.2) is 23.6 Å². The molecule has 4 nitrogen and oxygen atoms in total.